The second kappa shape index (κ2) is 7.44. The number of fused-ring (bicyclic) bond motifs is 3. The Balaban J connectivity index is 0.000000286. The third-order valence-electron chi connectivity index (χ3n) is 4.53. The molecule has 2 N–H and O–H groups in total. The first-order valence-corrected chi connectivity index (χ1v) is 8.81. The van der Waals surface area contributed by atoms with Crippen LogP contribution < -0.4 is 0 Å². The van der Waals surface area contributed by atoms with Crippen molar-refractivity contribution >= 4 is 38.1 Å². The van der Waals surface area contributed by atoms with E-state index in [9.17, 15) is 15.0 Å². The van der Waals surface area contributed by atoms with E-state index in [-0.39, 0.29) is 11.5 Å². The van der Waals surface area contributed by atoms with E-state index in [0.29, 0.717) is 18.6 Å². The summed E-state index contributed by atoms with van der Waals surface area (Å²) >= 11 is 0. The maximum atomic E-state index is 10.2. The molecule has 0 aliphatic rings. The Morgan fingerprint density at radius 3 is 1.81 bits per heavy atom. The molecule has 4 aromatic rings. The predicted octanol–water partition coefficient (Wildman–Crippen LogP) is 5.93. The number of phenolic OH excluding ortho intramolecular Hbond substituents is 2. The van der Waals surface area contributed by atoms with Crippen LogP contribution in [0.1, 0.15) is 26.7 Å². The fraction of sp³-hybridized carbons (Fsp3) is 0.174. The van der Waals surface area contributed by atoms with Crippen molar-refractivity contribution < 1.29 is 15.0 Å². The van der Waals surface area contributed by atoms with Crippen molar-refractivity contribution in [3.05, 3.63) is 60.7 Å². The number of rotatable bonds is 2. The number of phenols is 2. The molecule has 0 unspecified atom stereocenters. The van der Waals surface area contributed by atoms with Gasteiger partial charge in [0, 0.05) is 24.3 Å². The number of ketones is 1. The van der Waals surface area contributed by atoms with Crippen molar-refractivity contribution in [3.63, 3.8) is 0 Å². The van der Waals surface area contributed by atoms with Gasteiger partial charge >= 0.3 is 0 Å². The normalized spacial score (nSPS) is 10.7. The van der Waals surface area contributed by atoms with Gasteiger partial charge in [-0.05, 0) is 57.3 Å². The molecular weight excluding hydrogens is 324 g/mol. The van der Waals surface area contributed by atoms with E-state index in [2.05, 4.69) is 24.3 Å². The van der Waals surface area contributed by atoms with Crippen LogP contribution in [0.25, 0.3) is 32.3 Å². The summed E-state index contributed by atoms with van der Waals surface area (Å²) in [5.74, 6) is 0.528. The molecule has 0 radical (unpaired) electrons. The molecule has 4 rings (SSSR count). The lowest BCUT2D eigenvalue weighted by Gasteiger charge is -2.07. The fourth-order valence-corrected chi connectivity index (χ4v) is 3.02. The summed E-state index contributed by atoms with van der Waals surface area (Å²) in [5, 5.41) is 25.7. The lowest BCUT2D eigenvalue weighted by molar-refractivity contribution is -0.118. The van der Waals surface area contributed by atoms with Crippen LogP contribution in [0.15, 0.2) is 60.7 Å². The zero-order chi connectivity index (χ0) is 18.7. The lowest BCUT2D eigenvalue weighted by atomic mass is 9.99. The Hall–Kier alpha value is -3.07. The van der Waals surface area contributed by atoms with E-state index in [0.717, 1.165) is 21.5 Å². The van der Waals surface area contributed by atoms with Gasteiger partial charge in [0.2, 0.25) is 0 Å². The van der Waals surface area contributed by atoms with Crippen LogP contribution in [-0.2, 0) is 4.79 Å². The molecule has 0 bridgehead atoms. The first-order valence-electron chi connectivity index (χ1n) is 8.81. The monoisotopic (exact) mass is 346 g/mol. The maximum absolute atomic E-state index is 10.2. The molecule has 0 fully saturated rings. The Morgan fingerprint density at radius 2 is 1.27 bits per heavy atom. The summed E-state index contributed by atoms with van der Waals surface area (Å²) < 4.78 is 0. The van der Waals surface area contributed by atoms with Crippen LogP contribution >= 0.6 is 0 Å². The van der Waals surface area contributed by atoms with Crippen LogP contribution in [0.2, 0.25) is 0 Å². The first-order chi connectivity index (χ1) is 12.5. The molecule has 4 aromatic carbocycles. The highest BCUT2D eigenvalue weighted by Gasteiger charge is 2.05. The second-order valence-corrected chi connectivity index (χ2v) is 6.33. The number of carbonyl (C=O) groups excluding carboxylic acids is 1. The smallest absolute Gasteiger partial charge is 0.132 e. The number of hydrogen-bond donors (Lipinski definition) is 2. The lowest BCUT2D eigenvalue weighted by Crippen LogP contribution is -1.88. The molecule has 132 valence electrons. The molecule has 0 aromatic heterocycles. The van der Waals surface area contributed by atoms with E-state index in [1.54, 1.807) is 6.07 Å². The van der Waals surface area contributed by atoms with Crippen molar-refractivity contribution in [1.29, 1.82) is 0 Å². The Morgan fingerprint density at radius 1 is 0.731 bits per heavy atom. The largest absolute Gasteiger partial charge is 0.508 e. The highest BCUT2D eigenvalue weighted by atomic mass is 16.3. The standard InChI is InChI=1S/C18H12O2.C5H10O/c19-16-8-15-7-13-5-11-3-1-2-4-12(11)6-14(13)9-17(15)18(20)10-16;1-3-5(6)4-2/h1-10,19-20H;3-4H2,1-2H3. The van der Waals surface area contributed by atoms with Gasteiger partial charge in [0.15, 0.2) is 0 Å². The van der Waals surface area contributed by atoms with Gasteiger partial charge in [-0.2, -0.15) is 0 Å². The Bertz CT molecular complexity index is 1090. The summed E-state index contributed by atoms with van der Waals surface area (Å²) in [6.45, 7) is 3.76. The molecule has 0 aliphatic carbocycles. The van der Waals surface area contributed by atoms with Crippen LogP contribution in [0, 0.1) is 0 Å². The maximum Gasteiger partial charge on any atom is 0.132 e. The molecular formula is C23H22O3. The van der Waals surface area contributed by atoms with Crippen molar-refractivity contribution in [1.82, 2.24) is 0 Å². The van der Waals surface area contributed by atoms with Gasteiger partial charge in [0.1, 0.15) is 17.3 Å². The molecule has 0 saturated carbocycles. The quantitative estimate of drug-likeness (QED) is 0.442. The summed E-state index contributed by atoms with van der Waals surface area (Å²) in [5.41, 5.74) is 0. The van der Waals surface area contributed by atoms with Gasteiger partial charge in [-0.25, -0.2) is 0 Å². The third-order valence-corrected chi connectivity index (χ3v) is 4.53. The first kappa shape index (κ1) is 17.7. The zero-order valence-corrected chi connectivity index (χ0v) is 15.0. The molecule has 0 spiro atoms. The summed E-state index contributed by atoms with van der Waals surface area (Å²) in [6, 6.07) is 19.5. The molecule has 0 saturated heterocycles. The predicted molar refractivity (Wildman–Crippen MR) is 108 cm³/mol. The van der Waals surface area contributed by atoms with E-state index in [1.807, 2.05) is 38.1 Å². The fourth-order valence-electron chi connectivity index (χ4n) is 3.02. The molecule has 3 nitrogen and oxygen atoms in total. The highest BCUT2D eigenvalue weighted by molar-refractivity contribution is 6.06. The van der Waals surface area contributed by atoms with Gasteiger partial charge in [0.05, 0.1) is 0 Å². The van der Waals surface area contributed by atoms with E-state index in [1.165, 1.54) is 16.8 Å². The van der Waals surface area contributed by atoms with Crippen LogP contribution in [0.3, 0.4) is 0 Å². The van der Waals surface area contributed by atoms with Gasteiger partial charge < -0.3 is 10.2 Å². The molecule has 0 amide bonds. The number of hydrogen-bond acceptors (Lipinski definition) is 3. The van der Waals surface area contributed by atoms with Crippen molar-refractivity contribution in [2.45, 2.75) is 26.7 Å². The third kappa shape index (κ3) is 3.62. The van der Waals surface area contributed by atoms with Gasteiger partial charge in [-0.3, -0.25) is 4.79 Å². The average molecular weight is 346 g/mol. The summed E-state index contributed by atoms with van der Waals surface area (Å²) in [7, 11) is 0. The minimum absolute atomic E-state index is 0.0788. The zero-order valence-electron chi connectivity index (χ0n) is 15.0. The number of carbonyl (C=O) groups is 1. The van der Waals surface area contributed by atoms with E-state index >= 15 is 0 Å². The number of aromatic hydroxyl groups is 2. The Kier molecular flexibility index (Phi) is 5.08. The number of benzene rings is 4. The molecule has 3 heteroatoms. The average Bonchev–Trinajstić information content (AvgIpc) is 2.64. The van der Waals surface area contributed by atoms with Gasteiger partial charge in [-0.1, -0.05) is 38.1 Å². The van der Waals surface area contributed by atoms with Crippen molar-refractivity contribution in [3.8, 4) is 11.5 Å². The van der Waals surface area contributed by atoms with Crippen LogP contribution in [-0.4, -0.2) is 16.0 Å². The SMILES string of the molecule is CCC(=O)CC.Oc1cc(O)c2cc3cc4ccccc4cc3cc2c1. The number of Topliss-reactive ketones (excluding diaryl/α,β-unsaturated/α-hetero) is 1. The molecule has 26 heavy (non-hydrogen) atoms. The van der Waals surface area contributed by atoms with E-state index in [4.69, 9.17) is 0 Å². The minimum Gasteiger partial charge on any atom is -0.508 e. The molecule has 0 atom stereocenters. The summed E-state index contributed by atoms with van der Waals surface area (Å²) in [6.07, 6.45) is 1.38. The van der Waals surface area contributed by atoms with Gasteiger partial charge in [0.25, 0.3) is 0 Å². The molecule has 0 heterocycles. The van der Waals surface area contributed by atoms with Gasteiger partial charge in [-0.15, -0.1) is 0 Å². The van der Waals surface area contributed by atoms with Crippen molar-refractivity contribution in [2.75, 3.05) is 0 Å². The van der Waals surface area contributed by atoms with Crippen molar-refractivity contribution in [2.24, 2.45) is 0 Å². The highest BCUT2D eigenvalue weighted by Crippen LogP contribution is 2.34. The topological polar surface area (TPSA) is 57.5 Å². The Labute approximate surface area is 152 Å². The van der Waals surface area contributed by atoms with Crippen LogP contribution in [0.5, 0.6) is 11.5 Å². The second-order valence-electron chi connectivity index (χ2n) is 6.33. The summed E-state index contributed by atoms with van der Waals surface area (Å²) in [4.78, 5) is 10.2. The molecule has 0 aliphatic heterocycles. The van der Waals surface area contributed by atoms with Crippen LogP contribution in [0.4, 0.5) is 0 Å². The van der Waals surface area contributed by atoms with E-state index < -0.39 is 0 Å². The minimum atomic E-state index is 0.0788.